The summed E-state index contributed by atoms with van der Waals surface area (Å²) in [5.74, 6) is -1.41. The predicted molar refractivity (Wildman–Crippen MR) is 129 cm³/mol. The highest BCUT2D eigenvalue weighted by atomic mass is 32.1. The van der Waals surface area contributed by atoms with Crippen LogP contribution in [0.25, 0.3) is 0 Å². The number of amides is 2. The molecule has 0 fully saturated rings. The van der Waals surface area contributed by atoms with Gasteiger partial charge >= 0.3 is 5.97 Å². The van der Waals surface area contributed by atoms with E-state index >= 15 is 0 Å². The Morgan fingerprint density at radius 3 is 2.52 bits per heavy atom. The molecule has 1 aromatic carbocycles. The van der Waals surface area contributed by atoms with Gasteiger partial charge in [0.1, 0.15) is 12.1 Å². The van der Waals surface area contributed by atoms with Crippen LogP contribution in [-0.4, -0.2) is 78.0 Å². The van der Waals surface area contributed by atoms with Crippen molar-refractivity contribution in [1.29, 1.82) is 0 Å². The van der Waals surface area contributed by atoms with Crippen LogP contribution in [0, 0.1) is 5.92 Å². The molecule has 0 aliphatic carbocycles. The van der Waals surface area contributed by atoms with E-state index in [4.69, 9.17) is 10.5 Å². The molecule has 9 nitrogen and oxygen atoms in total. The number of thiol groups is 1. The molecule has 2 rings (SSSR count). The summed E-state index contributed by atoms with van der Waals surface area (Å²) >= 11 is 4.20. The summed E-state index contributed by atoms with van der Waals surface area (Å²) in [6, 6.07) is 4.99. The molecular weight excluding hydrogens is 444 g/mol. The van der Waals surface area contributed by atoms with Crippen LogP contribution in [0.5, 0.6) is 0 Å². The highest BCUT2D eigenvalue weighted by Crippen LogP contribution is 2.25. The van der Waals surface area contributed by atoms with Gasteiger partial charge in [0.15, 0.2) is 0 Å². The number of methoxy groups -OCH3 is 1. The van der Waals surface area contributed by atoms with Crippen molar-refractivity contribution in [3.63, 3.8) is 0 Å². The van der Waals surface area contributed by atoms with E-state index in [-0.39, 0.29) is 37.4 Å². The Morgan fingerprint density at radius 1 is 1.27 bits per heavy atom. The van der Waals surface area contributed by atoms with Crippen molar-refractivity contribution in [2.75, 3.05) is 26.0 Å². The topological polar surface area (TPSA) is 134 Å². The quantitative estimate of drug-likeness (QED) is 0.274. The van der Waals surface area contributed by atoms with E-state index in [1.54, 1.807) is 4.90 Å². The number of carboxylic acid groups (broad SMARTS) is 1. The smallest absolute Gasteiger partial charge is 0.326 e. The van der Waals surface area contributed by atoms with Gasteiger partial charge in [-0.25, -0.2) is 4.79 Å². The van der Waals surface area contributed by atoms with Gasteiger partial charge in [-0.3, -0.25) is 9.59 Å². The van der Waals surface area contributed by atoms with Crippen molar-refractivity contribution >= 4 is 30.4 Å². The number of benzene rings is 1. The van der Waals surface area contributed by atoms with Gasteiger partial charge in [0.05, 0.1) is 6.04 Å². The van der Waals surface area contributed by atoms with E-state index in [0.717, 1.165) is 11.1 Å². The first kappa shape index (κ1) is 27.1. The van der Waals surface area contributed by atoms with Crippen LogP contribution in [0.3, 0.4) is 0 Å². The van der Waals surface area contributed by atoms with E-state index in [2.05, 4.69) is 23.3 Å². The fourth-order valence-electron chi connectivity index (χ4n) is 3.88. The molecule has 0 saturated heterocycles. The summed E-state index contributed by atoms with van der Waals surface area (Å²) in [5.41, 5.74) is 7.91. The van der Waals surface area contributed by atoms with Crippen molar-refractivity contribution in [3.05, 3.63) is 35.4 Å². The lowest BCUT2D eigenvalue weighted by Gasteiger charge is -2.39. The van der Waals surface area contributed by atoms with Crippen LogP contribution in [-0.2, 0) is 32.1 Å². The van der Waals surface area contributed by atoms with Crippen LogP contribution >= 0.6 is 12.6 Å². The number of nitrogens with zero attached hydrogens (tertiary/aromatic N) is 1. The molecule has 1 aromatic rings. The SMILES string of the molecule is COCC[C@H](NC(=O)[C@H]1Cc2ccccc2CN1C(=O)[C@@H](NCC(N)CS)C(C)C)C(=O)O. The van der Waals surface area contributed by atoms with Crippen molar-refractivity contribution in [3.8, 4) is 0 Å². The van der Waals surface area contributed by atoms with E-state index < -0.39 is 30.0 Å². The monoisotopic (exact) mass is 480 g/mol. The highest BCUT2D eigenvalue weighted by Gasteiger charge is 2.39. The third-order valence-corrected chi connectivity index (χ3v) is 6.30. The maximum atomic E-state index is 13.6. The molecule has 184 valence electrons. The molecule has 2 amide bonds. The van der Waals surface area contributed by atoms with Crippen molar-refractivity contribution < 1.29 is 24.2 Å². The lowest BCUT2D eigenvalue weighted by molar-refractivity contribution is -0.147. The number of ether oxygens (including phenoxy) is 1. The van der Waals surface area contributed by atoms with Crippen molar-refractivity contribution in [2.45, 2.75) is 57.4 Å². The number of hydrogen-bond donors (Lipinski definition) is 5. The number of carboxylic acids is 1. The summed E-state index contributed by atoms with van der Waals surface area (Å²) in [6.07, 6.45) is 0.442. The maximum Gasteiger partial charge on any atom is 0.326 e. The van der Waals surface area contributed by atoms with Gasteiger partial charge in [-0.05, 0) is 17.0 Å². The summed E-state index contributed by atoms with van der Waals surface area (Å²) in [5, 5.41) is 15.3. The van der Waals surface area contributed by atoms with Crippen LogP contribution < -0.4 is 16.4 Å². The maximum absolute atomic E-state index is 13.6. The molecule has 4 atom stereocenters. The Labute approximate surface area is 200 Å². The Bertz CT molecular complexity index is 822. The third kappa shape index (κ3) is 7.43. The molecule has 0 aromatic heterocycles. The van der Waals surface area contributed by atoms with Crippen molar-refractivity contribution in [1.82, 2.24) is 15.5 Å². The Kier molecular flexibility index (Phi) is 10.6. The summed E-state index contributed by atoms with van der Waals surface area (Å²) in [4.78, 5) is 40.1. The van der Waals surface area contributed by atoms with Gasteiger partial charge in [-0.15, -0.1) is 0 Å². The molecule has 0 radical (unpaired) electrons. The lowest BCUT2D eigenvalue weighted by Crippen LogP contribution is -2.60. The van der Waals surface area contributed by atoms with Gasteiger partial charge in [0.25, 0.3) is 0 Å². The zero-order chi connectivity index (χ0) is 24.5. The molecule has 5 N–H and O–H groups in total. The second-order valence-corrected chi connectivity index (χ2v) is 9.07. The largest absolute Gasteiger partial charge is 0.480 e. The summed E-state index contributed by atoms with van der Waals surface area (Å²) in [7, 11) is 1.47. The number of carbonyl (C=O) groups is 3. The predicted octanol–water partition coefficient (Wildman–Crippen LogP) is 0.417. The van der Waals surface area contributed by atoms with E-state index in [1.807, 2.05) is 38.1 Å². The average molecular weight is 481 g/mol. The lowest BCUT2D eigenvalue weighted by atomic mass is 9.91. The second-order valence-electron chi connectivity index (χ2n) is 8.71. The third-order valence-electron chi connectivity index (χ3n) is 5.83. The number of carbonyl (C=O) groups excluding carboxylic acids is 2. The average Bonchev–Trinajstić information content (AvgIpc) is 2.79. The first-order valence-electron chi connectivity index (χ1n) is 11.2. The zero-order valence-corrected chi connectivity index (χ0v) is 20.4. The minimum absolute atomic E-state index is 0.0426. The van der Waals surface area contributed by atoms with Crippen molar-refractivity contribution in [2.24, 2.45) is 11.7 Å². The van der Waals surface area contributed by atoms with Crippen LogP contribution in [0.15, 0.2) is 24.3 Å². The van der Waals surface area contributed by atoms with Crippen LogP contribution in [0.1, 0.15) is 31.4 Å². The summed E-state index contributed by atoms with van der Waals surface area (Å²) < 4.78 is 4.97. The Hall–Kier alpha value is -2.14. The molecule has 0 bridgehead atoms. The zero-order valence-electron chi connectivity index (χ0n) is 19.5. The summed E-state index contributed by atoms with van der Waals surface area (Å²) in [6.45, 7) is 4.74. The fraction of sp³-hybridized carbons (Fsp3) is 0.609. The van der Waals surface area contributed by atoms with Gasteiger partial charge in [0, 0.05) is 51.4 Å². The molecular formula is C23H36N4O5S. The number of nitrogens with two attached hydrogens (primary N) is 1. The molecule has 0 saturated carbocycles. The first-order valence-corrected chi connectivity index (χ1v) is 11.8. The van der Waals surface area contributed by atoms with Gasteiger partial charge in [-0.2, -0.15) is 12.6 Å². The number of rotatable bonds is 12. The highest BCUT2D eigenvalue weighted by molar-refractivity contribution is 7.80. The normalized spacial score (nSPS) is 18.4. The minimum Gasteiger partial charge on any atom is -0.480 e. The minimum atomic E-state index is -1.14. The molecule has 1 unspecified atom stereocenters. The second kappa shape index (κ2) is 12.9. The number of aliphatic carboxylic acids is 1. The Morgan fingerprint density at radius 2 is 1.94 bits per heavy atom. The van der Waals surface area contributed by atoms with Crippen LogP contribution in [0.2, 0.25) is 0 Å². The number of nitrogens with one attached hydrogen (secondary N) is 2. The molecule has 1 heterocycles. The number of hydrogen-bond acceptors (Lipinski definition) is 7. The molecule has 1 aliphatic rings. The Balaban J connectivity index is 2.30. The molecule has 1 aliphatic heterocycles. The number of fused-ring (bicyclic) bond motifs is 1. The van der Waals surface area contributed by atoms with Gasteiger partial charge in [0.2, 0.25) is 11.8 Å². The molecule has 10 heteroatoms. The van der Waals surface area contributed by atoms with Gasteiger partial charge < -0.3 is 31.1 Å². The fourth-order valence-corrected chi connectivity index (χ4v) is 4.01. The molecule has 33 heavy (non-hydrogen) atoms. The first-order chi connectivity index (χ1) is 15.7. The van der Waals surface area contributed by atoms with Crippen LogP contribution in [0.4, 0.5) is 0 Å². The van der Waals surface area contributed by atoms with E-state index in [0.29, 0.717) is 18.7 Å². The standard InChI is InChI=1S/C23H36N4O5S/c1-14(2)20(25-11-17(24)13-33)22(29)27-12-16-7-5-4-6-15(16)10-19(27)21(28)26-18(23(30)31)8-9-32-3/h4-7,14,17-20,25,33H,8-13,24H2,1-3H3,(H,26,28)(H,30,31)/t17?,18-,19+,20-/m0/s1. The van der Waals surface area contributed by atoms with E-state index in [1.165, 1.54) is 7.11 Å². The molecule has 0 spiro atoms. The van der Waals surface area contributed by atoms with E-state index in [9.17, 15) is 19.5 Å². The van der Waals surface area contributed by atoms with Gasteiger partial charge in [-0.1, -0.05) is 38.1 Å².